The number of alkyl carbamates (subject to hydrolysis) is 1. The number of nitrogens with zero attached hydrogens (tertiary/aromatic N) is 2. The first-order chi connectivity index (χ1) is 16.3. The first-order valence-electron chi connectivity index (χ1n) is 11.1. The largest absolute Gasteiger partial charge is 0.444 e. The summed E-state index contributed by atoms with van der Waals surface area (Å²) in [6.07, 6.45) is -0.585. The SMILES string of the molecule is CC(C)(C)OC(=O)N[C@@H](COCc1ccccc1)c1nc2ccc(F)cc2n1-c1ccccc1. The molecule has 0 saturated heterocycles. The second-order valence-electron chi connectivity index (χ2n) is 8.97. The van der Waals surface area contributed by atoms with E-state index in [0.717, 1.165) is 11.3 Å². The Hall–Kier alpha value is -3.71. The number of nitrogens with one attached hydrogen (secondary N) is 1. The molecule has 0 unspecified atom stereocenters. The number of carbonyl (C=O) groups is 1. The number of para-hydroxylation sites is 1. The second kappa shape index (κ2) is 10.1. The quantitative estimate of drug-likeness (QED) is 0.370. The summed E-state index contributed by atoms with van der Waals surface area (Å²) < 4.78 is 27.5. The van der Waals surface area contributed by atoms with Gasteiger partial charge >= 0.3 is 6.09 Å². The maximum Gasteiger partial charge on any atom is 0.408 e. The lowest BCUT2D eigenvalue weighted by atomic mass is 10.2. The maximum atomic E-state index is 14.2. The van der Waals surface area contributed by atoms with Crippen molar-refractivity contribution in [3.05, 3.63) is 96.1 Å². The monoisotopic (exact) mass is 461 g/mol. The first kappa shape index (κ1) is 23.4. The molecular formula is C27H28FN3O3. The van der Waals surface area contributed by atoms with E-state index < -0.39 is 17.7 Å². The molecule has 4 rings (SSSR count). The van der Waals surface area contributed by atoms with Crippen LogP contribution < -0.4 is 5.32 Å². The van der Waals surface area contributed by atoms with E-state index in [-0.39, 0.29) is 12.4 Å². The van der Waals surface area contributed by atoms with Gasteiger partial charge in [0.2, 0.25) is 0 Å². The Morgan fingerprint density at radius 2 is 1.71 bits per heavy atom. The van der Waals surface area contributed by atoms with E-state index in [1.54, 1.807) is 26.8 Å². The summed E-state index contributed by atoms with van der Waals surface area (Å²) >= 11 is 0. The van der Waals surface area contributed by atoms with Gasteiger partial charge in [-0.2, -0.15) is 0 Å². The summed E-state index contributed by atoms with van der Waals surface area (Å²) in [5.74, 6) is 0.152. The third-order valence-electron chi connectivity index (χ3n) is 5.06. The van der Waals surface area contributed by atoms with Crippen LogP contribution in [0.5, 0.6) is 0 Å². The summed E-state index contributed by atoms with van der Waals surface area (Å²) in [6.45, 7) is 5.92. The molecular weight excluding hydrogens is 433 g/mol. The van der Waals surface area contributed by atoms with Gasteiger partial charge in [-0.15, -0.1) is 0 Å². The molecule has 1 atom stereocenters. The highest BCUT2D eigenvalue weighted by molar-refractivity contribution is 5.79. The lowest BCUT2D eigenvalue weighted by Crippen LogP contribution is -2.37. The number of carbonyl (C=O) groups excluding carboxylic acids is 1. The standard InChI is InChI=1S/C27H28FN3O3/c1-27(2,3)34-26(32)30-23(18-33-17-19-10-6-4-7-11-19)25-29-22-15-14-20(28)16-24(22)31(25)21-12-8-5-9-13-21/h4-16,23H,17-18H2,1-3H3,(H,30,32)/t23-/m0/s1. The van der Waals surface area contributed by atoms with Crippen molar-refractivity contribution in [3.8, 4) is 5.69 Å². The molecule has 1 N–H and O–H groups in total. The predicted molar refractivity (Wildman–Crippen MR) is 129 cm³/mol. The van der Waals surface area contributed by atoms with Crippen LogP contribution in [0.1, 0.15) is 38.2 Å². The van der Waals surface area contributed by atoms with Crippen LogP contribution in [0, 0.1) is 5.82 Å². The van der Waals surface area contributed by atoms with Gasteiger partial charge in [-0.1, -0.05) is 48.5 Å². The summed E-state index contributed by atoms with van der Waals surface area (Å²) in [4.78, 5) is 17.5. The van der Waals surface area contributed by atoms with Crippen LogP contribution >= 0.6 is 0 Å². The third kappa shape index (κ3) is 5.80. The average Bonchev–Trinajstić information content (AvgIpc) is 3.17. The van der Waals surface area contributed by atoms with Crippen molar-refractivity contribution in [2.75, 3.05) is 6.61 Å². The van der Waals surface area contributed by atoms with Crippen LogP contribution in [0.15, 0.2) is 78.9 Å². The van der Waals surface area contributed by atoms with Crippen LogP contribution in [0.3, 0.4) is 0 Å². The zero-order chi connectivity index (χ0) is 24.1. The van der Waals surface area contributed by atoms with E-state index in [1.165, 1.54) is 12.1 Å². The molecule has 0 spiro atoms. The van der Waals surface area contributed by atoms with Gasteiger partial charge in [-0.25, -0.2) is 14.2 Å². The Bertz CT molecular complexity index is 1250. The Balaban J connectivity index is 1.72. The van der Waals surface area contributed by atoms with E-state index >= 15 is 0 Å². The zero-order valence-corrected chi connectivity index (χ0v) is 19.5. The number of ether oxygens (including phenoxy) is 2. The average molecular weight is 462 g/mol. The molecule has 1 amide bonds. The second-order valence-corrected chi connectivity index (χ2v) is 8.97. The lowest BCUT2D eigenvalue weighted by Gasteiger charge is -2.24. The number of halogens is 1. The molecule has 1 aromatic heterocycles. The van der Waals surface area contributed by atoms with E-state index in [1.807, 2.05) is 65.2 Å². The van der Waals surface area contributed by atoms with Crippen LogP contribution in [-0.2, 0) is 16.1 Å². The van der Waals surface area contributed by atoms with E-state index in [0.29, 0.717) is 23.5 Å². The van der Waals surface area contributed by atoms with Crippen molar-refractivity contribution in [3.63, 3.8) is 0 Å². The molecule has 1 heterocycles. The smallest absolute Gasteiger partial charge is 0.408 e. The topological polar surface area (TPSA) is 65.4 Å². The van der Waals surface area contributed by atoms with Crippen LogP contribution in [0.25, 0.3) is 16.7 Å². The van der Waals surface area contributed by atoms with Crippen molar-refractivity contribution < 1.29 is 18.7 Å². The number of aromatic nitrogens is 2. The van der Waals surface area contributed by atoms with Crippen LogP contribution in [0.2, 0.25) is 0 Å². The van der Waals surface area contributed by atoms with Crippen molar-refractivity contribution in [1.82, 2.24) is 14.9 Å². The molecule has 3 aromatic carbocycles. The molecule has 0 aliphatic heterocycles. The summed E-state index contributed by atoms with van der Waals surface area (Å²) in [7, 11) is 0. The fourth-order valence-corrected chi connectivity index (χ4v) is 3.65. The van der Waals surface area contributed by atoms with Gasteiger partial charge in [-0.3, -0.25) is 4.57 Å². The molecule has 34 heavy (non-hydrogen) atoms. The molecule has 0 radical (unpaired) electrons. The van der Waals surface area contributed by atoms with E-state index in [4.69, 9.17) is 14.5 Å². The molecule has 0 saturated carbocycles. The highest BCUT2D eigenvalue weighted by Crippen LogP contribution is 2.27. The lowest BCUT2D eigenvalue weighted by molar-refractivity contribution is 0.0420. The number of amides is 1. The fourth-order valence-electron chi connectivity index (χ4n) is 3.65. The van der Waals surface area contributed by atoms with Crippen LogP contribution in [-0.4, -0.2) is 27.9 Å². The summed E-state index contributed by atoms with van der Waals surface area (Å²) in [5.41, 5.74) is 2.35. The van der Waals surface area contributed by atoms with Gasteiger partial charge in [0.15, 0.2) is 0 Å². The Labute approximate surface area is 198 Å². The Kier molecular flexibility index (Phi) is 6.93. The minimum atomic E-state index is -0.664. The fraction of sp³-hybridized carbons (Fsp3) is 0.259. The van der Waals surface area contributed by atoms with Gasteiger partial charge in [0, 0.05) is 11.8 Å². The highest BCUT2D eigenvalue weighted by atomic mass is 19.1. The van der Waals surface area contributed by atoms with E-state index in [2.05, 4.69) is 5.32 Å². The van der Waals surface area contributed by atoms with Gasteiger partial charge in [-0.05, 0) is 50.6 Å². The minimum Gasteiger partial charge on any atom is -0.444 e. The summed E-state index contributed by atoms with van der Waals surface area (Å²) in [5, 5.41) is 2.90. The Morgan fingerprint density at radius 3 is 2.38 bits per heavy atom. The molecule has 0 bridgehead atoms. The Morgan fingerprint density at radius 1 is 1.03 bits per heavy atom. The molecule has 6 nitrogen and oxygen atoms in total. The van der Waals surface area contributed by atoms with Crippen molar-refractivity contribution in [2.24, 2.45) is 0 Å². The van der Waals surface area contributed by atoms with Crippen molar-refractivity contribution in [1.29, 1.82) is 0 Å². The van der Waals surface area contributed by atoms with Crippen molar-refractivity contribution >= 4 is 17.1 Å². The molecule has 176 valence electrons. The predicted octanol–water partition coefficient (Wildman–Crippen LogP) is 5.95. The van der Waals surface area contributed by atoms with Gasteiger partial charge in [0.25, 0.3) is 0 Å². The van der Waals surface area contributed by atoms with E-state index in [9.17, 15) is 9.18 Å². The third-order valence-corrected chi connectivity index (χ3v) is 5.06. The molecule has 0 fully saturated rings. The normalized spacial score (nSPS) is 12.5. The molecule has 0 aliphatic carbocycles. The van der Waals surface area contributed by atoms with Gasteiger partial charge in [0.05, 0.1) is 24.2 Å². The first-order valence-corrected chi connectivity index (χ1v) is 11.1. The highest BCUT2D eigenvalue weighted by Gasteiger charge is 2.26. The number of imidazole rings is 1. The number of benzene rings is 3. The number of fused-ring (bicyclic) bond motifs is 1. The van der Waals surface area contributed by atoms with Gasteiger partial charge < -0.3 is 14.8 Å². The summed E-state index contributed by atoms with van der Waals surface area (Å²) in [6, 6.07) is 23.1. The minimum absolute atomic E-state index is 0.146. The maximum absolute atomic E-state index is 14.2. The number of rotatable bonds is 7. The van der Waals surface area contributed by atoms with Gasteiger partial charge in [0.1, 0.15) is 23.3 Å². The molecule has 0 aliphatic rings. The van der Waals surface area contributed by atoms with Crippen LogP contribution in [0.4, 0.5) is 9.18 Å². The molecule has 7 heteroatoms. The number of hydrogen-bond acceptors (Lipinski definition) is 4. The molecule has 4 aromatic rings. The van der Waals surface area contributed by atoms with Crippen molar-refractivity contribution in [2.45, 2.75) is 39.0 Å². The zero-order valence-electron chi connectivity index (χ0n) is 19.5. The number of hydrogen-bond donors (Lipinski definition) is 1.